The molecule has 0 bridgehead atoms. The van der Waals surface area contributed by atoms with Crippen LogP contribution in [0.4, 0.5) is 0 Å². The molecule has 20 heavy (non-hydrogen) atoms. The molecule has 0 unspecified atom stereocenters. The fourth-order valence-electron chi connectivity index (χ4n) is 1.68. The Balaban J connectivity index is 2.53. The van der Waals surface area contributed by atoms with Gasteiger partial charge in [0, 0.05) is 11.3 Å². The lowest BCUT2D eigenvalue weighted by Gasteiger charge is -2.17. The van der Waals surface area contributed by atoms with Crippen molar-refractivity contribution >= 4 is 34.9 Å². The zero-order chi connectivity index (χ0) is 15.0. The minimum atomic E-state index is -0.435. The number of hydrogen-bond acceptors (Lipinski definition) is 4. The number of thioether (sulfide) groups is 1. The molecule has 1 rings (SSSR count). The van der Waals surface area contributed by atoms with Crippen LogP contribution in [-0.2, 0) is 16.1 Å². The summed E-state index contributed by atoms with van der Waals surface area (Å²) in [6.45, 7) is 4.34. The van der Waals surface area contributed by atoms with Gasteiger partial charge in [-0.3, -0.25) is 9.59 Å². The summed E-state index contributed by atoms with van der Waals surface area (Å²) in [5.74, 6) is 0.660. The van der Waals surface area contributed by atoms with Gasteiger partial charge in [-0.2, -0.15) is 11.8 Å². The molecule has 0 aliphatic rings. The smallest absolute Gasteiger partial charge is 0.242 e. The number of carbonyl (C=O) groups is 2. The zero-order valence-corrected chi connectivity index (χ0v) is 13.8. The van der Waals surface area contributed by atoms with Crippen molar-refractivity contribution in [2.75, 3.05) is 12.0 Å². The van der Waals surface area contributed by atoms with E-state index >= 15 is 0 Å². The fraction of sp³-hybridized carbons (Fsp3) is 0.571. The highest BCUT2D eigenvalue weighted by Crippen LogP contribution is 2.15. The van der Waals surface area contributed by atoms with E-state index in [2.05, 4.69) is 10.6 Å². The number of carbonyl (C=O) groups excluding carboxylic acids is 2. The van der Waals surface area contributed by atoms with E-state index in [-0.39, 0.29) is 11.8 Å². The Labute approximate surface area is 128 Å². The van der Waals surface area contributed by atoms with Gasteiger partial charge in [0.1, 0.15) is 6.04 Å². The van der Waals surface area contributed by atoms with Crippen molar-refractivity contribution in [1.82, 2.24) is 10.6 Å². The first kappa shape index (κ1) is 17.0. The maximum absolute atomic E-state index is 12.2. The fourth-order valence-corrected chi connectivity index (χ4v) is 2.99. The van der Waals surface area contributed by atoms with Crippen LogP contribution in [0.5, 0.6) is 0 Å². The van der Waals surface area contributed by atoms with Crippen molar-refractivity contribution in [3.05, 3.63) is 21.9 Å². The Morgan fingerprint density at radius 1 is 1.45 bits per heavy atom. The minimum Gasteiger partial charge on any atom is -0.349 e. The number of aryl methyl sites for hydroxylation is 1. The van der Waals surface area contributed by atoms with Crippen molar-refractivity contribution in [1.29, 1.82) is 0 Å². The molecule has 6 heteroatoms. The molecule has 112 valence electrons. The van der Waals surface area contributed by atoms with E-state index in [0.717, 1.165) is 10.6 Å². The molecule has 0 saturated carbocycles. The third-order valence-corrected chi connectivity index (χ3v) is 4.64. The number of thiophene rings is 1. The van der Waals surface area contributed by atoms with Crippen LogP contribution in [0.3, 0.4) is 0 Å². The van der Waals surface area contributed by atoms with Crippen LogP contribution in [0, 0.1) is 6.92 Å². The highest BCUT2D eigenvalue weighted by Gasteiger charge is 2.19. The molecule has 0 fully saturated rings. The summed E-state index contributed by atoms with van der Waals surface area (Å²) in [7, 11) is 0. The predicted molar refractivity (Wildman–Crippen MR) is 86.1 cm³/mol. The van der Waals surface area contributed by atoms with Crippen molar-refractivity contribution in [3.63, 3.8) is 0 Å². The average Bonchev–Trinajstić information content (AvgIpc) is 2.85. The largest absolute Gasteiger partial charge is 0.349 e. The topological polar surface area (TPSA) is 58.2 Å². The van der Waals surface area contributed by atoms with Gasteiger partial charge in [-0.1, -0.05) is 6.92 Å². The van der Waals surface area contributed by atoms with Gasteiger partial charge in [-0.15, -0.1) is 11.3 Å². The van der Waals surface area contributed by atoms with Crippen LogP contribution < -0.4 is 10.6 Å². The summed E-state index contributed by atoms with van der Waals surface area (Å²) in [6.07, 6.45) is 3.04. The Morgan fingerprint density at radius 2 is 2.20 bits per heavy atom. The summed E-state index contributed by atoms with van der Waals surface area (Å²) in [6, 6.07) is 1.60. The van der Waals surface area contributed by atoms with Gasteiger partial charge in [-0.05, 0) is 42.4 Å². The van der Waals surface area contributed by atoms with Crippen LogP contribution in [0.2, 0.25) is 0 Å². The van der Waals surface area contributed by atoms with Gasteiger partial charge in [0.15, 0.2) is 0 Å². The highest BCUT2D eigenvalue weighted by atomic mass is 32.2. The van der Waals surface area contributed by atoms with Gasteiger partial charge >= 0.3 is 0 Å². The summed E-state index contributed by atoms with van der Waals surface area (Å²) < 4.78 is 0. The first-order valence-electron chi connectivity index (χ1n) is 6.67. The average molecular weight is 314 g/mol. The molecule has 4 nitrogen and oxygen atoms in total. The summed E-state index contributed by atoms with van der Waals surface area (Å²) >= 11 is 3.30. The SMILES string of the molecule is CCC(=O)N[C@@H](CCSC)C(=O)NCc1sccc1C. The predicted octanol–water partition coefficient (Wildman–Crippen LogP) is 2.32. The van der Waals surface area contributed by atoms with Gasteiger partial charge in [0.05, 0.1) is 6.54 Å². The monoisotopic (exact) mass is 314 g/mol. The van der Waals surface area contributed by atoms with Crippen molar-refractivity contribution in [2.24, 2.45) is 0 Å². The van der Waals surface area contributed by atoms with E-state index in [1.54, 1.807) is 30.0 Å². The van der Waals surface area contributed by atoms with E-state index in [4.69, 9.17) is 0 Å². The summed E-state index contributed by atoms with van der Waals surface area (Å²) in [4.78, 5) is 24.8. The minimum absolute atomic E-state index is 0.0847. The van der Waals surface area contributed by atoms with Crippen molar-refractivity contribution in [2.45, 2.75) is 39.3 Å². The van der Waals surface area contributed by atoms with Gasteiger partial charge < -0.3 is 10.6 Å². The highest BCUT2D eigenvalue weighted by molar-refractivity contribution is 7.98. The van der Waals surface area contributed by atoms with Gasteiger partial charge in [0.2, 0.25) is 11.8 Å². The Bertz CT molecular complexity index is 446. The lowest BCUT2D eigenvalue weighted by atomic mass is 10.2. The first-order valence-corrected chi connectivity index (χ1v) is 8.94. The second-order valence-electron chi connectivity index (χ2n) is 4.50. The van der Waals surface area contributed by atoms with Crippen LogP contribution >= 0.6 is 23.1 Å². The number of rotatable bonds is 8. The number of amides is 2. The maximum atomic E-state index is 12.2. The van der Waals surface area contributed by atoms with E-state index in [0.29, 0.717) is 19.4 Å². The van der Waals surface area contributed by atoms with E-state index < -0.39 is 6.04 Å². The number of nitrogens with one attached hydrogen (secondary N) is 2. The molecule has 2 amide bonds. The molecule has 0 aliphatic carbocycles. The van der Waals surface area contributed by atoms with Crippen LogP contribution in [-0.4, -0.2) is 29.9 Å². The van der Waals surface area contributed by atoms with E-state index in [1.807, 2.05) is 24.6 Å². The Morgan fingerprint density at radius 3 is 2.75 bits per heavy atom. The molecular formula is C14H22N2O2S2. The molecule has 1 aromatic rings. The van der Waals surface area contributed by atoms with Crippen LogP contribution in [0.15, 0.2) is 11.4 Å². The first-order chi connectivity index (χ1) is 9.58. The number of hydrogen-bond donors (Lipinski definition) is 2. The molecule has 0 aromatic carbocycles. The molecular weight excluding hydrogens is 292 g/mol. The zero-order valence-electron chi connectivity index (χ0n) is 12.2. The third kappa shape index (κ3) is 5.54. The van der Waals surface area contributed by atoms with E-state index in [9.17, 15) is 9.59 Å². The molecule has 0 saturated heterocycles. The molecule has 0 spiro atoms. The van der Waals surface area contributed by atoms with Crippen LogP contribution in [0.1, 0.15) is 30.2 Å². The lowest BCUT2D eigenvalue weighted by Crippen LogP contribution is -2.46. The molecule has 2 N–H and O–H groups in total. The van der Waals surface area contributed by atoms with Crippen LogP contribution in [0.25, 0.3) is 0 Å². The van der Waals surface area contributed by atoms with Gasteiger partial charge in [0.25, 0.3) is 0 Å². The standard InChI is InChI=1S/C14H22N2O2S2/c1-4-13(17)16-11(6-7-19-3)14(18)15-9-12-10(2)5-8-20-12/h5,8,11H,4,6-7,9H2,1-3H3,(H,15,18)(H,16,17)/t11-/m0/s1. The van der Waals surface area contributed by atoms with Gasteiger partial charge in [-0.25, -0.2) is 0 Å². The Hall–Kier alpha value is -1.01. The third-order valence-electron chi connectivity index (χ3n) is 2.97. The maximum Gasteiger partial charge on any atom is 0.242 e. The normalized spacial score (nSPS) is 11.9. The quantitative estimate of drug-likeness (QED) is 0.774. The lowest BCUT2D eigenvalue weighted by molar-refractivity contribution is -0.129. The molecule has 1 aromatic heterocycles. The summed E-state index contributed by atoms with van der Waals surface area (Å²) in [5, 5.41) is 7.71. The second-order valence-corrected chi connectivity index (χ2v) is 6.49. The summed E-state index contributed by atoms with van der Waals surface area (Å²) in [5.41, 5.74) is 1.19. The molecule has 0 aliphatic heterocycles. The van der Waals surface area contributed by atoms with Crippen molar-refractivity contribution in [3.8, 4) is 0 Å². The second kappa shape index (κ2) is 9.02. The molecule has 0 radical (unpaired) electrons. The molecule has 1 heterocycles. The molecule has 1 atom stereocenters. The van der Waals surface area contributed by atoms with E-state index in [1.165, 1.54) is 5.56 Å². The Kier molecular flexibility index (Phi) is 7.69. The van der Waals surface area contributed by atoms with Crippen molar-refractivity contribution < 1.29 is 9.59 Å².